The number of nitrogens with two attached hydrogens (primary N) is 1. The molecule has 4 nitrogen and oxygen atoms in total. The Morgan fingerprint density at radius 1 is 1.29 bits per heavy atom. The van der Waals surface area contributed by atoms with Gasteiger partial charge in [-0.25, -0.2) is 13.1 Å². The first-order valence-electron chi connectivity index (χ1n) is 6.35. The highest BCUT2D eigenvalue weighted by Crippen LogP contribution is 2.28. The number of nitrogen functional groups attached to an aromatic ring is 1. The minimum absolute atomic E-state index is 0.112. The molecule has 0 saturated carbocycles. The van der Waals surface area contributed by atoms with Gasteiger partial charge in [0, 0.05) is 15.8 Å². The maximum atomic E-state index is 12.4. The van der Waals surface area contributed by atoms with E-state index in [1.807, 2.05) is 26.8 Å². The molecule has 1 heterocycles. The van der Waals surface area contributed by atoms with Gasteiger partial charge in [-0.3, -0.25) is 0 Å². The second kappa shape index (κ2) is 5.96. The second-order valence-corrected chi connectivity index (χ2v) is 8.48. The maximum absolute atomic E-state index is 12.4. The first-order valence-corrected chi connectivity index (χ1v) is 9.03. The van der Waals surface area contributed by atoms with Crippen LogP contribution in [0.15, 0.2) is 29.2 Å². The van der Waals surface area contributed by atoms with Crippen molar-refractivity contribution in [3.8, 4) is 0 Å². The van der Waals surface area contributed by atoms with Crippen molar-refractivity contribution in [2.45, 2.75) is 31.7 Å². The van der Waals surface area contributed by atoms with Crippen molar-refractivity contribution in [1.29, 1.82) is 0 Å². The average molecular weight is 345 g/mol. The molecule has 0 amide bonds. The largest absolute Gasteiger partial charge is 0.397 e. The van der Waals surface area contributed by atoms with E-state index >= 15 is 0 Å². The van der Waals surface area contributed by atoms with Gasteiger partial charge in [0.1, 0.15) is 0 Å². The number of anilines is 1. The van der Waals surface area contributed by atoms with Crippen molar-refractivity contribution in [2.75, 3.05) is 5.73 Å². The number of sulfonamides is 1. The number of aryl methyl sites for hydroxylation is 2. The van der Waals surface area contributed by atoms with Gasteiger partial charge < -0.3 is 5.73 Å². The standard InChI is InChI=1S/C14H17ClN2O2S2/c1-8-6-12(10(3)20-8)9(2)17-21(18,19)11-4-5-13(15)14(16)7-11/h4-7,9,17H,16H2,1-3H3. The van der Waals surface area contributed by atoms with E-state index in [4.69, 9.17) is 17.3 Å². The van der Waals surface area contributed by atoms with Crippen molar-refractivity contribution in [3.63, 3.8) is 0 Å². The lowest BCUT2D eigenvalue weighted by Crippen LogP contribution is -2.27. The van der Waals surface area contributed by atoms with E-state index in [0.29, 0.717) is 5.02 Å². The van der Waals surface area contributed by atoms with Crippen LogP contribution in [-0.2, 0) is 10.0 Å². The zero-order valence-corrected chi connectivity index (χ0v) is 14.4. The summed E-state index contributed by atoms with van der Waals surface area (Å²) in [4.78, 5) is 2.38. The van der Waals surface area contributed by atoms with Crippen molar-refractivity contribution in [2.24, 2.45) is 0 Å². The van der Waals surface area contributed by atoms with Gasteiger partial charge in [-0.2, -0.15) is 0 Å². The van der Waals surface area contributed by atoms with Crippen LogP contribution in [0.2, 0.25) is 5.02 Å². The molecule has 0 saturated heterocycles. The highest BCUT2D eigenvalue weighted by molar-refractivity contribution is 7.89. The highest BCUT2D eigenvalue weighted by atomic mass is 35.5. The van der Waals surface area contributed by atoms with Crippen LogP contribution in [0, 0.1) is 13.8 Å². The van der Waals surface area contributed by atoms with Gasteiger partial charge in [0.25, 0.3) is 0 Å². The van der Waals surface area contributed by atoms with Crippen LogP contribution in [0.5, 0.6) is 0 Å². The lowest BCUT2D eigenvalue weighted by molar-refractivity contribution is 0.567. The summed E-state index contributed by atoms with van der Waals surface area (Å²) in [6.07, 6.45) is 0. The van der Waals surface area contributed by atoms with E-state index in [2.05, 4.69) is 4.72 Å². The molecule has 0 bridgehead atoms. The molecule has 114 valence electrons. The summed E-state index contributed by atoms with van der Waals surface area (Å²) in [5.41, 5.74) is 6.90. The monoisotopic (exact) mass is 344 g/mol. The average Bonchev–Trinajstić information content (AvgIpc) is 2.71. The maximum Gasteiger partial charge on any atom is 0.241 e. The van der Waals surface area contributed by atoms with E-state index in [9.17, 15) is 8.42 Å². The summed E-state index contributed by atoms with van der Waals surface area (Å²) < 4.78 is 27.5. The van der Waals surface area contributed by atoms with Gasteiger partial charge in [-0.1, -0.05) is 11.6 Å². The summed E-state index contributed by atoms with van der Waals surface area (Å²) in [7, 11) is -3.64. The fraction of sp³-hybridized carbons (Fsp3) is 0.286. The molecule has 21 heavy (non-hydrogen) atoms. The Kier molecular flexibility index (Phi) is 4.63. The number of nitrogens with one attached hydrogen (secondary N) is 1. The SMILES string of the molecule is Cc1cc(C(C)NS(=O)(=O)c2ccc(Cl)c(N)c2)c(C)s1. The molecule has 7 heteroatoms. The van der Waals surface area contributed by atoms with Crippen molar-refractivity contribution >= 4 is 38.6 Å². The van der Waals surface area contributed by atoms with E-state index < -0.39 is 10.0 Å². The Bertz CT molecular complexity index is 769. The third-order valence-electron chi connectivity index (χ3n) is 3.16. The molecule has 2 rings (SSSR count). The quantitative estimate of drug-likeness (QED) is 0.832. The van der Waals surface area contributed by atoms with E-state index in [0.717, 1.165) is 15.3 Å². The molecular weight excluding hydrogens is 328 g/mol. The zero-order valence-electron chi connectivity index (χ0n) is 12.0. The van der Waals surface area contributed by atoms with Crippen molar-refractivity contribution in [1.82, 2.24) is 4.72 Å². The van der Waals surface area contributed by atoms with Crippen LogP contribution < -0.4 is 10.5 Å². The summed E-state index contributed by atoms with van der Waals surface area (Å²) in [5, 5.41) is 0.339. The van der Waals surface area contributed by atoms with Crippen molar-refractivity contribution in [3.05, 3.63) is 44.6 Å². The zero-order chi connectivity index (χ0) is 15.8. The molecule has 3 N–H and O–H groups in total. The Morgan fingerprint density at radius 3 is 2.48 bits per heavy atom. The van der Waals surface area contributed by atoms with E-state index in [1.54, 1.807) is 11.3 Å². The Labute approximate surface area is 134 Å². The van der Waals surface area contributed by atoms with Crippen molar-refractivity contribution < 1.29 is 8.42 Å². The van der Waals surface area contributed by atoms with Crippen LogP contribution in [0.4, 0.5) is 5.69 Å². The molecule has 2 aromatic rings. The summed E-state index contributed by atoms with van der Waals surface area (Å²) >= 11 is 7.47. The van der Waals surface area contributed by atoms with E-state index in [1.165, 1.54) is 18.2 Å². The van der Waals surface area contributed by atoms with Gasteiger partial charge >= 0.3 is 0 Å². The molecule has 1 unspecified atom stereocenters. The third kappa shape index (κ3) is 3.58. The number of thiophene rings is 1. The van der Waals surface area contributed by atoms with Crippen LogP contribution in [0.1, 0.15) is 28.3 Å². The second-order valence-electron chi connectivity index (χ2n) is 4.89. The van der Waals surface area contributed by atoms with Crippen LogP contribution in [0.3, 0.4) is 0 Å². The Hall–Kier alpha value is -1.08. The molecular formula is C14H17ClN2O2S2. The molecule has 1 aromatic heterocycles. The fourth-order valence-corrected chi connectivity index (χ4v) is 4.53. The molecule has 0 aliphatic carbocycles. The molecule has 0 aliphatic rings. The Morgan fingerprint density at radius 2 is 1.95 bits per heavy atom. The summed E-state index contributed by atoms with van der Waals surface area (Å²) in [6.45, 7) is 5.81. The normalized spacial score (nSPS) is 13.3. The molecule has 1 atom stereocenters. The smallest absolute Gasteiger partial charge is 0.241 e. The third-order valence-corrected chi connectivity index (χ3v) is 6.02. The lowest BCUT2D eigenvalue weighted by Gasteiger charge is -2.15. The Balaban J connectivity index is 2.28. The summed E-state index contributed by atoms with van der Waals surface area (Å²) in [5.74, 6) is 0. The first kappa shape index (κ1) is 16.3. The van der Waals surface area contributed by atoms with Gasteiger partial charge in [-0.05, 0) is 50.6 Å². The number of rotatable bonds is 4. The van der Waals surface area contributed by atoms with Crippen LogP contribution in [0.25, 0.3) is 0 Å². The number of halogens is 1. The highest BCUT2D eigenvalue weighted by Gasteiger charge is 2.21. The van der Waals surface area contributed by atoms with Crippen LogP contribution >= 0.6 is 22.9 Å². The minimum atomic E-state index is -3.64. The first-order chi connectivity index (χ1) is 9.70. The topological polar surface area (TPSA) is 72.2 Å². The molecule has 0 aliphatic heterocycles. The van der Waals surface area contributed by atoms with Gasteiger partial charge in [-0.15, -0.1) is 11.3 Å². The van der Waals surface area contributed by atoms with Gasteiger partial charge in [0.05, 0.1) is 15.6 Å². The number of hydrogen-bond acceptors (Lipinski definition) is 4. The molecule has 0 radical (unpaired) electrons. The minimum Gasteiger partial charge on any atom is -0.397 e. The summed E-state index contributed by atoms with van der Waals surface area (Å²) in [6, 6.07) is 5.99. The van der Waals surface area contributed by atoms with Gasteiger partial charge in [0.15, 0.2) is 0 Å². The molecule has 0 fully saturated rings. The van der Waals surface area contributed by atoms with Gasteiger partial charge in [0.2, 0.25) is 10.0 Å². The number of benzene rings is 1. The van der Waals surface area contributed by atoms with Crippen LogP contribution in [-0.4, -0.2) is 8.42 Å². The molecule has 1 aromatic carbocycles. The fourth-order valence-electron chi connectivity index (χ4n) is 2.13. The number of hydrogen-bond donors (Lipinski definition) is 2. The predicted molar refractivity (Wildman–Crippen MR) is 88.4 cm³/mol. The molecule has 0 spiro atoms. The predicted octanol–water partition coefficient (Wildman–Crippen LogP) is 3.64. The van der Waals surface area contributed by atoms with E-state index in [-0.39, 0.29) is 16.6 Å². The lowest BCUT2D eigenvalue weighted by atomic mass is 10.1.